The molecule has 28 heavy (non-hydrogen) atoms. The van der Waals surface area contributed by atoms with Gasteiger partial charge in [-0.1, -0.05) is 36.4 Å². The van der Waals surface area contributed by atoms with E-state index in [1.807, 2.05) is 30.3 Å². The van der Waals surface area contributed by atoms with E-state index in [0.717, 1.165) is 11.6 Å². The van der Waals surface area contributed by atoms with Crippen LogP contribution >= 0.6 is 0 Å². The van der Waals surface area contributed by atoms with Crippen LogP contribution in [0.2, 0.25) is 0 Å². The SMILES string of the molecule is CN(Cc1ccccc1)S(=O)(=O)c1ccc(NC(=O)c2cccc(F)c2)cc1. The van der Waals surface area contributed by atoms with Gasteiger partial charge in [-0.25, -0.2) is 12.8 Å². The third kappa shape index (κ3) is 4.62. The molecule has 0 saturated heterocycles. The molecule has 144 valence electrons. The Morgan fingerprint density at radius 3 is 2.29 bits per heavy atom. The number of nitrogens with zero attached hydrogens (tertiary/aromatic N) is 1. The third-order valence-electron chi connectivity index (χ3n) is 4.16. The van der Waals surface area contributed by atoms with Crippen molar-refractivity contribution in [3.63, 3.8) is 0 Å². The second-order valence-electron chi connectivity index (χ2n) is 6.24. The number of amides is 1. The van der Waals surface area contributed by atoms with Crippen molar-refractivity contribution in [2.24, 2.45) is 0 Å². The number of hydrogen-bond acceptors (Lipinski definition) is 3. The Hall–Kier alpha value is -3.03. The van der Waals surface area contributed by atoms with Gasteiger partial charge < -0.3 is 5.32 Å². The fourth-order valence-corrected chi connectivity index (χ4v) is 3.81. The number of anilines is 1. The molecule has 0 radical (unpaired) electrons. The molecular weight excluding hydrogens is 379 g/mol. The minimum atomic E-state index is -3.67. The first-order chi connectivity index (χ1) is 13.4. The summed E-state index contributed by atoms with van der Waals surface area (Å²) in [5.74, 6) is -0.980. The molecule has 0 aliphatic heterocycles. The average molecular weight is 398 g/mol. The summed E-state index contributed by atoms with van der Waals surface area (Å²) < 4.78 is 39.9. The maximum atomic E-state index is 13.2. The summed E-state index contributed by atoms with van der Waals surface area (Å²) in [5, 5.41) is 2.62. The van der Waals surface area contributed by atoms with E-state index in [4.69, 9.17) is 0 Å². The first kappa shape index (κ1) is 19.7. The van der Waals surface area contributed by atoms with Gasteiger partial charge in [-0.15, -0.1) is 0 Å². The molecule has 0 aromatic heterocycles. The summed E-state index contributed by atoms with van der Waals surface area (Å²) in [6.07, 6.45) is 0. The molecule has 3 aromatic carbocycles. The molecule has 0 aliphatic rings. The van der Waals surface area contributed by atoms with Crippen molar-refractivity contribution in [1.29, 1.82) is 0 Å². The first-order valence-corrected chi connectivity index (χ1v) is 9.97. The molecule has 7 heteroatoms. The highest BCUT2D eigenvalue weighted by molar-refractivity contribution is 7.89. The number of carbonyl (C=O) groups is 1. The predicted octanol–water partition coefficient (Wildman–Crippen LogP) is 3.90. The quantitative estimate of drug-likeness (QED) is 0.685. The Morgan fingerprint density at radius 1 is 0.964 bits per heavy atom. The summed E-state index contributed by atoms with van der Waals surface area (Å²) in [5.41, 5.74) is 1.48. The molecule has 0 unspecified atom stereocenters. The van der Waals surface area contributed by atoms with Crippen LogP contribution in [0.15, 0.2) is 83.8 Å². The van der Waals surface area contributed by atoms with Gasteiger partial charge in [-0.05, 0) is 48.0 Å². The van der Waals surface area contributed by atoms with Crippen LogP contribution < -0.4 is 5.32 Å². The molecule has 3 aromatic rings. The molecule has 0 fully saturated rings. The zero-order valence-electron chi connectivity index (χ0n) is 15.2. The first-order valence-electron chi connectivity index (χ1n) is 8.53. The third-order valence-corrected chi connectivity index (χ3v) is 5.97. The van der Waals surface area contributed by atoms with Crippen molar-refractivity contribution in [2.45, 2.75) is 11.4 Å². The van der Waals surface area contributed by atoms with Gasteiger partial charge in [-0.2, -0.15) is 4.31 Å². The lowest BCUT2D eigenvalue weighted by Crippen LogP contribution is -2.26. The maximum Gasteiger partial charge on any atom is 0.255 e. The summed E-state index contributed by atoms with van der Waals surface area (Å²) in [4.78, 5) is 12.3. The molecule has 3 rings (SSSR count). The van der Waals surface area contributed by atoms with E-state index in [1.165, 1.54) is 53.8 Å². The second kappa shape index (κ2) is 8.33. The monoisotopic (exact) mass is 398 g/mol. The molecule has 0 bridgehead atoms. The van der Waals surface area contributed by atoms with Gasteiger partial charge in [0.05, 0.1) is 4.90 Å². The highest BCUT2D eigenvalue weighted by atomic mass is 32.2. The summed E-state index contributed by atoms with van der Waals surface area (Å²) in [7, 11) is -2.15. The van der Waals surface area contributed by atoms with Gasteiger partial charge >= 0.3 is 0 Å². The van der Waals surface area contributed by atoms with E-state index in [9.17, 15) is 17.6 Å². The second-order valence-corrected chi connectivity index (χ2v) is 8.28. The Kier molecular flexibility index (Phi) is 5.87. The molecule has 0 spiro atoms. The molecule has 0 saturated carbocycles. The van der Waals surface area contributed by atoms with Crippen LogP contribution in [0, 0.1) is 5.82 Å². The molecular formula is C21H19FN2O3S. The number of hydrogen-bond donors (Lipinski definition) is 1. The maximum absolute atomic E-state index is 13.2. The Labute approximate surface area is 163 Å². The topological polar surface area (TPSA) is 66.5 Å². The van der Waals surface area contributed by atoms with E-state index >= 15 is 0 Å². The Balaban J connectivity index is 1.71. The highest BCUT2D eigenvalue weighted by Gasteiger charge is 2.21. The molecule has 1 amide bonds. The van der Waals surface area contributed by atoms with E-state index in [-0.39, 0.29) is 17.0 Å². The van der Waals surface area contributed by atoms with Gasteiger partial charge in [0.15, 0.2) is 0 Å². The molecule has 0 heterocycles. The lowest BCUT2D eigenvalue weighted by atomic mass is 10.2. The largest absolute Gasteiger partial charge is 0.322 e. The molecule has 0 aliphatic carbocycles. The van der Waals surface area contributed by atoms with E-state index in [2.05, 4.69) is 5.32 Å². The average Bonchev–Trinajstić information content (AvgIpc) is 2.69. The Morgan fingerprint density at radius 2 is 1.64 bits per heavy atom. The fourth-order valence-electron chi connectivity index (χ4n) is 2.65. The van der Waals surface area contributed by atoms with Crippen LogP contribution in [0.3, 0.4) is 0 Å². The summed E-state index contributed by atoms with van der Waals surface area (Å²) >= 11 is 0. The van der Waals surface area contributed by atoms with Crippen LogP contribution in [0.1, 0.15) is 15.9 Å². The summed E-state index contributed by atoms with van der Waals surface area (Å²) in [6, 6.07) is 20.5. The van der Waals surface area contributed by atoms with E-state index in [0.29, 0.717) is 5.69 Å². The minimum absolute atomic E-state index is 0.120. The van der Waals surface area contributed by atoms with Crippen LogP contribution in [0.5, 0.6) is 0 Å². The van der Waals surface area contributed by atoms with Crippen molar-refractivity contribution in [3.8, 4) is 0 Å². The zero-order valence-corrected chi connectivity index (χ0v) is 16.0. The van der Waals surface area contributed by atoms with Crippen molar-refractivity contribution in [1.82, 2.24) is 4.31 Å². The van der Waals surface area contributed by atoms with Gasteiger partial charge in [0.1, 0.15) is 5.82 Å². The molecule has 0 atom stereocenters. The summed E-state index contributed by atoms with van der Waals surface area (Å²) in [6.45, 7) is 0.251. The van der Waals surface area contributed by atoms with Crippen molar-refractivity contribution in [2.75, 3.05) is 12.4 Å². The van der Waals surface area contributed by atoms with Gasteiger partial charge in [0, 0.05) is 24.8 Å². The van der Waals surface area contributed by atoms with Crippen molar-refractivity contribution < 1.29 is 17.6 Å². The number of benzene rings is 3. The van der Waals surface area contributed by atoms with Crippen LogP contribution in [0.25, 0.3) is 0 Å². The molecule has 1 N–H and O–H groups in total. The Bertz CT molecular complexity index is 1070. The smallest absolute Gasteiger partial charge is 0.255 e. The number of rotatable bonds is 6. The number of nitrogens with one attached hydrogen (secondary N) is 1. The number of halogens is 1. The predicted molar refractivity (Wildman–Crippen MR) is 106 cm³/mol. The van der Waals surface area contributed by atoms with Crippen LogP contribution in [-0.2, 0) is 16.6 Å². The van der Waals surface area contributed by atoms with Gasteiger partial charge in [0.25, 0.3) is 5.91 Å². The minimum Gasteiger partial charge on any atom is -0.322 e. The van der Waals surface area contributed by atoms with Gasteiger partial charge in [0.2, 0.25) is 10.0 Å². The molecule has 5 nitrogen and oxygen atoms in total. The normalized spacial score (nSPS) is 11.4. The van der Waals surface area contributed by atoms with Crippen LogP contribution in [0.4, 0.5) is 10.1 Å². The lowest BCUT2D eigenvalue weighted by Gasteiger charge is -2.17. The number of sulfonamides is 1. The lowest BCUT2D eigenvalue weighted by molar-refractivity contribution is 0.102. The standard InChI is InChI=1S/C21H19FN2O3S/c1-24(15-16-6-3-2-4-7-16)28(26,27)20-12-10-19(11-13-20)23-21(25)17-8-5-9-18(22)14-17/h2-14H,15H2,1H3,(H,23,25). The number of carbonyl (C=O) groups excluding carboxylic acids is 1. The fraction of sp³-hybridized carbons (Fsp3) is 0.0952. The van der Waals surface area contributed by atoms with E-state index in [1.54, 1.807) is 0 Å². The van der Waals surface area contributed by atoms with Crippen molar-refractivity contribution in [3.05, 3.63) is 95.8 Å². The van der Waals surface area contributed by atoms with E-state index < -0.39 is 21.7 Å². The highest BCUT2D eigenvalue weighted by Crippen LogP contribution is 2.20. The van der Waals surface area contributed by atoms with Crippen molar-refractivity contribution >= 4 is 21.6 Å². The zero-order chi connectivity index (χ0) is 20.1. The van der Waals surface area contributed by atoms with Gasteiger partial charge in [-0.3, -0.25) is 4.79 Å². The van der Waals surface area contributed by atoms with Crippen LogP contribution in [-0.4, -0.2) is 25.7 Å².